The molecule has 1 N–H and O–H groups in total. The van der Waals surface area contributed by atoms with Crippen molar-refractivity contribution < 1.29 is 8.78 Å². The van der Waals surface area contributed by atoms with Crippen LogP contribution in [0, 0.1) is 11.6 Å². The van der Waals surface area contributed by atoms with Crippen LogP contribution < -0.4 is 15.1 Å². The summed E-state index contributed by atoms with van der Waals surface area (Å²) in [5.41, 5.74) is 1.95. The van der Waals surface area contributed by atoms with E-state index < -0.39 is 0 Å². The third-order valence-corrected chi connectivity index (χ3v) is 6.98. The number of nitrogens with zero attached hydrogens (tertiary/aromatic N) is 3. The Bertz CT molecular complexity index is 851. The van der Waals surface area contributed by atoms with Crippen LogP contribution in [0.4, 0.5) is 20.2 Å². The minimum absolute atomic E-state index is 0.186. The largest absolute Gasteiger partial charge is 0.369 e. The number of benzene rings is 2. The molecule has 0 aliphatic carbocycles. The van der Waals surface area contributed by atoms with E-state index in [-0.39, 0.29) is 11.6 Å². The summed E-state index contributed by atoms with van der Waals surface area (Å²) in [5, 5.41) is 3.27. The molecule has 0 atom stereocenters. The standard InChI is InChI=1S/C13H18BrFN2.C10H12BrFN2/c1-10(2)16-5-7-17(8-6-16)11-3-4-12(14)13(15)9-11;11-9-2-1-8(7-10(9)12)14-5-3-13-4-6-14/h3-4,9-10H,5-8H2,1-2H3;1-2,7,13H,3-6H2. The van der Waals surface area contributed by atoms with E-state index in [2.05, 4.69) is 65.7 Å². The summed E-state index contributed by atoms with van der Waals surface area (Å²) < 4.78 is 27.8. The Morgan fingerprint density at radius 3 is 1.61 bits per heavy atom. The van der Waals surface area contributed by atoms with E-state index in [1.54, 1.807) is 24.3 Å². The van der Waals surface area contributed by atoms with Crippen molar-refractivity contribution in [3.05, 3.63) is 57.0 Å². The van der Waals surface area contributed by atoms with Crippen LogP contribution in [0.1, 0.15) is 13.8 Å². The zero-order valence-corrected chi connectivity index (χ0v) is 21.2. The molecule has 2 fully saturated rings. The Kier molecular flexibility index (Phi) is 9.13. The predicted octanol–water partition coefficient (Wildman–Crippen LogP) is 5.12. The van der Waals surface area contributed by atoms with Gasteiger partial charge in [-0.25, -0.2) is 8.78 Å². The van der Waals surface area contributed by atoms with E-state index in [1.807, 2.05) is 12.1 Å². The molecule has 0 spiro atoms. The van der Waals surface area contributed by atoms with Crippen LogP contribution in [0.3, 0.4) is 0 Å². The molecule has 8 heteroatoms. The van der Waals surface area contributed by atoms with Crippen LogP contribution in [0.2, 0.25) is 0 Å². The van der Waals surface area contributed by atoms with Gasteiger partial charge in [0.15, 0.2) is 0 Å². The quantitative estimate of drug-likeness (QED) is 0.563. The Morgan fingerprint density at radius 2 is 1.19 bits per heavy atom. The van der Waals surface area contributed by atoms with Gasteiger partial charge in [0.05, 0.1) is 8.95 Å². The first-order valence-electron chi connectivity index (χ1n) is 10.7. The lowest BCUT2D eigenvalue weighted by Gasteiger charge is -2.38. The maximum Gasteiger partial charge on any atom is 0.139 e. The third kappa shape index (κ3) is 6.88. The molecule has 0 bridgehead atoms. The highest BCUT2D eigenvalue weighted by Gasteiger charge is 2.19. The lowest BCUT2D eigenvalue weighted by Crippen LogP contribution is -2.48. The van der Waals surface area contributed by atoms with Crippen LogP contribution in [0.15, 0.2) is 45.3 Å². The second-order valence-electron chi connectivity index (χ2n) is 8.05. The fourth-order valence-corrected chi connectivity index (χ4v) is 4.28. The fraction of sp³-hybridized carbons (Fsp3) is 0.478. The highest BCUT2D eigenvalue weighted by molar-refractivity contribution is 9.10. The molecule has 2 aromatic rings. The van der Waals surface area contributed by atoms with Gasteiger partial charge in [0, 0.05) is 69.8 Å². The summed E-state index contributed by atoms with van der Waals surface area (Å²) in [6.07, 6.45) is 0. The Balaban J connectivity index is 0.000000179. The van der Waals surface area contributed by atoms with Gasteiger partial charge in [-0.2, -0.15) is 0 Å². The first-order chi connectivity index (χ1) is 14.8. The number of hydrogen-bond donors (Lipinski definition) is 1. The zero-order chi connectivity index (χ0) is 22.4. The van der Waals surface area contributed by atoms with Crippen molar-refractivity contribution in [1.29, 1.82) is 0 Å². The van der Waals surface area contributed by atoms with E-state index >= 15 is 0 Å². The Hall–Kier alpha value is -1.22. The molecule has 0 unspecified atom stereocenters. The summed E-state index contributed by atoms with van der Waals surface area (Å²) >= 11 is 6.33. The molecule has 2 saturated heterocycles. The summed E-state index contributed by atoms with van der Waals surface area (Å²) in [7, 11) is 0. The van der Waals surface area contributed by atoms with Crippen LogP contribution in [0.5, 0.6) is 0 Å². The Labute approximate surface area is 200 Å². The van der Waals surface area contributed by atoms with Gasteiger partial charge in [-0.1, -0.05) is 0 Å². The average Bonchev–Trinajstić information content (AvgIpc) is 2.78. The van der Waals surface area contributed by atoms with E-state index in [4.69, 9.17) is 0 Å². The third-order valence-electron chi connectivity index (χ3n) is 5.70. The van der Waals surface area contributed by atoms with Gasteiger partial charge in [0.1, 0.15) is 11.6 Å². The number of rotatable bonds is 3. The molecule has 0 aromatic heterocycles. The zero-order valence-electron chi connectivity index (χ0n) is 18.1. The van der Waals surface area contributed by atoms with E-state index in [0.29, 0.717) is 15.0 Å². The van der Waals surface area contributed by atoms with Crippen molar-refractivity contribution in [1.82, 2.24) is 10.2 Å². The molecule has 2 heterocycles. The van der Waals surface area contributed by atoms with Gasteiger partial charge in [-0.3, -0.25) is 4.90 Å². The minimum Gasteiger partial charge on any atom is -0.369 e. The molecule has 0 radical (unpaired) electrons. The van der Waals surface area contributed by atoms with Crippen molar-refractivity contribution in [2.24, 2.45) is 0 Å². The van der Waals surface area contributed by atoms with Crippen molar-refractivity contribution in [2.75, 3.05) is 62.2 Å². The summed E-state index contributed by atoms with van der Waals surface area (Å²) in [5.74, 6) is -0.380. The number of piperazine rings is 2. The SMILES string of the molecule is CC(C)N1CCN(c2ccc(Br)c(F)c2)CC1.Fc1cc(N2CCNCC2)ccc1Br. The number of halogens is 4. The highest BCUT2D eigenvalue weighted by atomic mass is 79.9. The average molecular weight is 560 g/mol. The molecule has 2 aliphatic rings. The summed E-state index contributed by atoms with van der Waals surface area (Å²) in [4.78, 5) is 6.88. The maximum absolute atomic E-state index is 13.5. The van der Waals surface area contributed by atoms with E-state index in [1.165, 1.54) is 0 Å². The van der Waals surface area contributed by atoms with Crippen molar-refractivity contribution in [2.45, 2.75) is 19.9 Å². The lowest BCUT2D eigenvalue weighted by atomic mass is 10.2. The maximum atomic E-state index is 13.5. The molecule has 2 aromatic carbocycles. The first kappa shape index (κ1) is 24.4. The number of nitrogens with one attached hydrogen (secondary N) is 1. The minimum atomic E-state index is -0.193. The lowest BCUT2D eigenvalue weighted by molar-refractivity contribution is 0.209. The van der Waals surface area contributed by atoms with Crippen molar-refractivity contribution in [3.8, 4) is 0 Å². The second kappa shape index (κ2) is 11.6. The normalized spacial score (nSPS) is 17.5. The van der Waals surface area contributed by atoms with Crippen LogP contribution in [-0.2, 0) is 0 Å². The summed E-state index contributed by atoms with van der Waals surface area (Å²) in [6, 6.07) is 11.2. The van der Waals surface area contributed by atoms with Crippen LogP contribution >= 0.6 is 31.9 Å². The first-order valence-corrected chi connectivity index (χ1v) is 12.3. The number of anilines is 2. The van der Waals surface area contributed by atoms with Crippen LogP contribution in [-0.4, -0.2) is 63.3 Å². The van der Waals surface area contributed by atoms with Gasteiger partial charge in [-0.05, 0) is 82.1 Å². The molecule has 0 amide bonds. The second-order valence-corrected chi connectivity index (χ2v) is 9.76. The molecule has 2 aliphatic heterocycles. The van der Waals surface area contributed by atoms with Crippen molar-refractivity contribution >= 4 is 43.2 Å². The Morgan fingerprint density at radius 1 is 0.742 bits per heavy atom. The monoisotopic (exact) mass is 558 g/mol. The molecule has 4 rings (SSSR count). The topological polar surface area (TPSA) is 21.8 Å². The highest BCUT2D eigenvalue weighted by Crippen LogP contribution is 2.24. The number of hydrogen-bond acceptors (Lipinski definition) is 4. The molecule has 31 heavy (non-hydrogen) atoms. The van der Waals surface area contributed by atoms with E-state index in [9.17, 15) is 8.78 Å². The molecule has 170 valence electrons. The van der Waals surface area contributed by atoms with Gasteiger partial charge < -0.3 is 15.1 Å². The molecular weight excluding hydrogens is 530 g/mol. The van der Waals surface area contributed by atoms with E-state index in [0.717, 1.165) is 63.7 Å². The molecule has 0 saturated carbocycles. The fourth-order valence-electron chi connectivity index (χ4n) is 3.78. The van der Waals surface area contributed by atoms with Gasteiger partial charge in [-0.15, -0.1) is 0 Å². The smallest absolute Gasteiger partial charge is 0.139 e. The summed E-state index contributed by atoms with van der Waals surface area (Å²) in [6.45, 7) is 12.3. The van der Waals surface area contributed by atoms with Crippen LogP contribution in [0.25, 0.3) is 0 Å². The van der Waals surface area contributed by atoms with Gasteiger partial charge in [0.25, 0.3) is 0 Å². The predicted molar refractivity (Wildman–Crippen MR) is 132 cm³/mol. The van der Waals surface area contributed by atoms with Gasteiger partial charge in [0.2, 0.25) is 0 Å². The van der Waals surface area contributed by atoms with Gasteiger partial charge >= 0.3 is 0 Å². The van der Waals surface area contributed by atoms with Crippen molar-refractivity contribution in [3.63, 3.8) is 0 Å². The molecule has 4 nitrogen and oxygen atoms in total. The molecular formula is C23H30Br2F2N4.